The Morgan fingerprint density at radius 1 is 1.32 bits per heavy atom. The zero-order valence-electron chi connectivity index (χ0n) is 12.1. The average Bonchev–Trinajstić information content (AvgIpc) is 2.84. The molecule has 1 aromatic rings. The van der Waals surface area contributed by atoms with Gasteiger partial charge in [-0.15, -0.1) is 0 Å². The third-order valence-corrected chi connectivity index (χ3v) is 3.64. The number of benzene rings is 1. The summed E-state index contributed by atoms with van der Waals surface area (Å²) in [6.07, 6.45) is 2.35. The van der Waals surface area contributed by atoms with Gasteiger partial charge in [-0.1, -0.05) is 39.0 Å². The van der Waals surface area contributed by atoms with Gasteiger partial charge >= 0.3 is 0 Å². The Morgan fingerprint density at radius 2 is 2.00 bits per heavy atom. The maximum atomic E-state index is 11.9. The lowest BCUT2D eigenvalue weighted by atomic mass is 9.95. The second-order valence-corrected chi connectivity index (χ2v) is 6.29. The van der Waals surface area contributed by atoms with Crippen LogP contribution in [0.15, 0.2) is 30.3 Å². The number of nitrogens with one attached hydrogen (secondary N) is 1. The van der Waals surface area contributed by atoms with E-state index in [0.29, 0.717) is 6.04 Å². The van der Waals surface area contributed by atoms with Crippen molar-refractivity contribution in [2.24, 2.45) is 5.41 Å². The second-order valence-electron chi connectivity index (χ2n) is 6.29. The van der Waals surface area contributed by atoms with Crippen LogP contribution in [0.5, 0.6) is 0 Å². The smallest absolute Gasteiger partial charge is 0.225 e. The van der Waals surface area contributed by atoms with Crippen LogP contribution in [-0.4, -0.2) is 25.0 Å². The number of carbonyl (C=O) groups excluding carboxylic acids is 1. The molecule has 0 aliphatic carbocycles. The van der Waals surface area contributed by atoms with Crippen LogP contribution in [0, 0.1) is 5.41 Å². The molecule has 3 nitrogen and oxygen atoms in total. The van der Waals surface area contributed by atoms with Gasteiger partial charge in [-0.05, 0) is 25.0 Å². The van der Waals surface area contributed by atoms with E-state index in [9.17, 15) is 4.79 Å². The van der Waals surface area contributed by atoms with Crippen molar-refractivity contribution in [3.05, 3.63) is 30.3 Å². The summed E-state index contributed by atoms with van der Waals surface area (Å²) in [5.41, 5.74) is 0.950. The standard InChI is InChI=1S/C16H24N2O/c1-16(2,3)15(19)17-12-14-10-7-11-18(14)13-8-5-4-6-9-13/h4-6,8-9,14H,7,10-12H2,1-3H3,(H,17,19)/t14-/m0/s1. The Bertz CT molecular complexity index is 422. The molecular weight excluding hydrogens is 236 g/mol. The van der Waals surface area contributed by atoms with E-state index in [2.05, 4.69) is 34.5 Å². The first kappa shape index (κ1) is 13.9. The predicted molar refractivity (Wildman–Crippen MR) is 79.3 cm³/mol. The van der Waals surface area contributed by atoms with Crippen molar-refractivity contribution in [1.82, 2.24) is 5.32 Å². The summed E-state index contributed by atoms with van der Waals surface area (Å²) in [5, 5.41) is 3.08. The molecule has 3 heteroatoms. The summed E-state index contributed by atoms with van der Waals surface area (Å²) in [5.74, 6) is 0.132. The highest BCUT2D eigenvalue weighted by atomic mass is 16.2. The minimum absolute atomic E-state index is 0.132. The van der Waals surface area contributed by atoms with Crippen molar-refractivity contribution in [2.45, 2.75) is 39.7 Å². The van der Waals surface area contributed by atoms with Gasteiger partial charge in [0, 0.05) is 30.2 Å². The molecule has 104 valence electrons. The molecule has 1 atom stereocenters. The Hall–Kier alpha value is -1.51. The first-order valence-electron chi connectivity index (χ1n) is 7.08. The molecule has 1 aliphatic rings. The zero-order valence-corrected chi connectivity index (χ0v) is 12.1. The number of rotatable bonds is 3. The number of hydrogen-bond donors (Lipinski definition) is 1. The van der Waals surface area contributed by atoms with Crippen molar-refractivity contribution in [3.63, 3.8) is 0 Å². The van der Waals surface area contributed by atoms with Gasteiger partial charge in [-0.25, -0.2) is 0 Å². The lowest BCUT2D eigenvalue weighted by molar-refractivity contribution is -0.128. The van der Waals surface area contributed by atoms with Crippen molar-refractivity contribution in [1.29, 1.82) is 0 Å². The quantitative estimate of drug-likeness (QED) is 0.906. The molecule has 1 N–H and O–H groups in total. The summed E-state index contributed by atoms with van der Waals surface area (Å²) in [6.45, 7) is 7.68. The number of nitrogens with zero attached hydrogens (tertiary/aromatic N) is 1. The van der Waals surface area contributed by atoms with Crippen LogP contribution in [0.4, 0.5) is 5.69 Å². The highest BCUT2D eigenvalue weighted by molar-refractivity contribution is 5.81. The Labute approximate surface area is 116 Å². The van der Waals surface area contributed by atoms with E-state index in [0.717, 1.165) is 19.5 Å². The molecular formula is C16H24N2O. The van der Waals surface area contributed by atoms with Gasteiger partial charge in [0.05, 0.1) is 0 Å². The van der Waals surface area contributed by atoms with Gasteiger partial charge in [0.25, 0.3) is 0 Å². The van der Waals surface area contributed by atoms with Gasteiger partial charge in [-0.3, -0.25) is 4.79 Å². The van der Waals surface area contributed by atoms with Crippen LogP contribution >= 0.6 is 0 Å². The lowest BCUT2D eigenvalue weighted by Gasteiger charge is -2.28. The predicted octanol–water partition coefficient (Wildman–Crippen LogP) is 2.82. The molecule has 0 aromatic heterocycles. The minimum Gasteiger partial charge on any atom is -0.367 e. The maximum Gasteiger partial charge on any atom is 0.225 e. The molecule has 0 unspecified atom stereocenters. The number of carbonyl (C=O) groups is 1. The number of anilines is 1. The van der Waals surface area contributed by atoms with Gasteiger partial charge in [0.2, 0.25) is 5.91 Å². The van der Waals surface area contributed by atoms with Gasteiger partial charge < -0.3 is 10.2 Å². The van der Waals surface area contributed by atoms with E-state index in [1.54, 1.807) is 0 Å². The van der Waals surface area contributed by atoms with E-state index >= 15 is 0 Å². The molecule has 0 radical (unpaired) electrons. The Balaban J connectivity index is 1.95. The second kappa shape index (κ2) is 5.64. The van der Waals surface area contributed by atoms with Crippen LogP contribution in [0.25, 0.3) is 0 Å². The summed E-state index contributed by atoms with van der Waals surface area (Å²) in [4.78, 5) is 14.3. The van der Waals surface area contributed by atoms with E-state index in [4.69, 9.17) is 0 Å². The number of amides is 1. The normalized spacial score (nSPS) is 19.5. The summed E-state index contributed by atoms with van der Waals surface area (Å²) >= 11 is 0. The first-order valence-corrected chi connectivity index (χ1v) is 7.08. The fourth-order valence-corrected chi connectivity index (χ4v) is 2.48. The molecule has 1 saturated heterocycles. The molecule has 1 aromatic carbocycles. The van der Waals surface area contributed by atoms with E-state index in [1.165, 1.54) is 12.1 Å². The molecule has 0 saturated carbocycles. The van der Waals surface area contributed by atoms with Crippen molar-refractivity contribution in [2.75, 3.05) is 18.0 Å². The molecule has 1 amide bonds. The Kier molecular flexibility index (Phi) is 4.13. The largest absolute Gasteiger partial charge is 0.367 e. The Morgan fingerprint density at radius 3 is 2.63 bits per heavy atom. The van der Waals surface area contributed by atoms with Gasteiger partial charge in [0.15, 0.2) is 0 Å². The minimum atomic E-state index is -0.309. The van der Waals surface area contributed by atoms with Crippen LogP contribution in [0.1, 0.15) is 33.6 Å². The van der Waals surface area contributed by atoms with Gasteiger partial charge in [-0.2, -0.15) is 0 Å². The summed E-state index contributed by atoms with van der Waals surface area (Å²) in [6, 6.07) is 10.9. The van der Waals surface area contributed by atoms with E-state index in [-0.39, 0.29) is 11.3 Å². The van der Waals surface area contributed by atoms with Crippen LogP contribution < -0.4 is 10.2 Å². The monoisotopic (exact) mass is 260 g/mol. The summed E-state index contributed by atoms with van der Waals surface area (Å²) in [7, 11) is 0. The molecule has 1 aliphatic heterocycles. The van der Waals surface area contributed by atoms with Crippen molar-refractivity contribution in [3.8, 4) is 0 Å². The highest BCUT2D eigenvalue weighted by Gasteiger charge is 2.27. The van der Waals surface area contributed by atoms with E-state index in [1.807, 2.05) is 26.8 Å². The number of para-hydroxylation sites is 1. The lowest BCUT2D eigenvalue weighted by Crippen LogP contribution is -2.43. The summed E-state index contributed by atoms with van der Waals surface area (Å²) < 4.78 is 0. The fraction of sp³-hybridized carbons (Fsp3) is 0.562. The molecule has 19 heavy (non-hydrogen) atoms. The zero-order chi connectivity index (χ0) is 13.9. The van der Waals surface area contributed by atoms with E-state index < -0.39 is 0 Å². The maximum absolute atomic E-state index is 11.9. The third-order valence-electron chi connectivity index (χ3n) is 3.64. The third kappa shape index (κ3) is 3.49. The highest BCUT2D eigenvalue weighted by Crippen LogP contribution is 2.25. The van der Waals surface area contributed by atoms with Crippen LogP contribution in [-0.2, 0) is 4.79 Å². The SMILES string of the molecule is CC(C)(C)C(=O)NC[C@@H]1CCCN1c1ccccc1. The van der Waals surface area contributed by atoms with Crippen molar-refractivity contribution >= 4 is 11.6 Å². The van der Waals surface area contributed by atoms with Gasteiger partial charge in [0.1, 0.15) is 0 Å². The van der Waals surface area contributed by atoms with Crippen molar-refractivity contribution < 1.29 is 4.79 Å². The fourth-order valence-electron chi connectivity index (χ4n) is 2.48. The molecule has 1 fully saturated rings. The topological polar surface area (TPSA) is 32.3 Å². The first-order chi connectivity index (χ1) is 8.98. The average molecular weight is 260 g/mol. The molecule has 2 rings (SSSR count). The number of hydrogen-bond acceptors (Lipinski definition) is 2. The molecule has 0 spiro atoms. The molecule has 1 heterocycles. The molecule has 0 bridgehead atoms. The van der Waals surface area contributed by atoms with Crippen LogP contribution in [0.2, 0.25) is 0 Å². The van der Waals surface area contributed by atoms with Crippen LogP contribution in [0.3, 0.4) is 0 Å².